The second-order valence-corrected chi connectivity index (χ2v) is 6.89. The Kier molecular flexibility index (Phi) is 5.05. The quantitative estimate of drug-likeness (QED) is 0.666. The lowest BCUT2D eigenvalue weighted by Gasteiger charge is -2.38. The van der Waals surface area contributed by atoms with E-state index in [0.717, 1.165) is 6.42 Å². The zero-order chi connectivity index (χ0) is 17.3. The number of aliphatic hydroxyl groups excluding tert-OH is 1. The number of hydrogen-bond donors (Lipinski definition) is 1. The Hall–Kier alpha value is -1.67. The van der Waals surface area contributed by atoms with E-state index in [-0.39, 0.29) is 30.3 Å². The molecule has 2 atom stereocenters. The number of aliphatic hydroxyl groups is 1. The molecule has 3 fully saturated rings. The van der Waals surface area contributed by atoms with Crippen LogP contribution in [0, 0.1) is 0 Å². The maximum Gasteiger partial charge on any atom is 0.242 e. The first-order valence-electron chi connectivity index (χ1n) is 8.69. The van der Waals surface area contributed by atoms with Crippen LogP contribution in [0.3, 0.4) is 0 Å². The minimum Gasteiger partial charge on any atom is -0.390 e. The van der Waals surface area contributed by atoms with Crippen LogP contribution in [-0.2, 0) is 14.4 Å². The van der Waals surface area contributed by atoms with Gasteiger partial charge in [-0.2, -0.15) is 0 Å². The van der Waals surface area contributed by atoms with Gasteiger partial charge < -0.3 is 19.8 Å². The molecule has 0 aromatic heterocycles. The van der Waals surface area contributed by atoms with Crippen molar-refractivity contribution in [2.45, 2.75) is 31.9 Å². The molecule has 3 heterocycles. The molecular formula is C16H26N4O4. The van der Waals surface area contributed by atoms with Crippen LogP contribution in [0.15, 0.2) is 0 Å². The SMILES string of the molecule is CC(=O)N1CCN([C@@H]2CN(C(=O)CN3CCCC3=O)C[C@H]2O)CC1. The first-order valence-corrected chi connectivity index (χ1v) is 8.69. The number of carbonyl (C=O) groups is 3. The van der Waals surface area contributed by atoms with E-state index in [9.17, 15) is 19.5 Å². The van der Waals surface area contributed by atoms with Crippen molar-refractivity contribution < 1.29 is 19.5 Å². The Morgan fingerprint density at radius 2 is 1.79 bits per heavy atom. The zero-order valence-electron chi connectivity index (χ0n) is 14.2. The van der Waals surface area contributed by atoms with Gasteiger partial charge in [-0.05, 0) is 6.42 Å². The number of β-amino-alcohol motifs (C(OH)–C–C–N with tert-alkyl or cyclic N) is 1. The molecule has 0 saturated carbocycles. The third kappa shape index (κ3) is 3.54. The molecule has 0 aromatic carbocycles. The molecule has 134 valence electrons. The average Bonchev–Trinajstić information content (AvgIpc) is 3.14. The second kappa shape index (κ2) is 7.06. The molecule has 3 aliphatic rings. The summed E-state index contributed by atoms with van der Waals surface area (Å²) in [4.78, 5) is 42.7. The first kappa shape index (κ1) is 17.2. The van der Waals surface area contributed by atoms with Gasteiger partial charge in [0.25, 0.3) is 0 Å². The lowest BCUT2D eigenvalue weighted by molar-refractivity contribution is -0.138. The van der Waals surface area contributed by atoms with Crippen molar-refractivity contribution in [3.8, 4) is 0 Å². The molecule has 0 aliphatic carbocycles. The predicted molar refractivity (Wildman–Crippen MR) is 86.0 cm³/mol. The third-order valence-corrected chi connectivity index (χ3v) is 5.34. The number of piperazine rings is 1. The van der Waals surface area contributed by atoms with Crippen LogP contribution >= 0.6 is 0 Å². The van der Waals surface area contributed by atoms with Gasteiger partial charge in [0.05, 0.1) is 18.7 Å². The van der Waals surface area contributed by atoms with Crippen LogP contribution in [-0.4, -0.2) is 107 Å². The molecule has 3 rings (SSSR count). The van der Waals surface area contributed by atoms with Crippen LogP contribution in [0.5, 0.6) is 0 Å². The molecule has 24 heavy (non-hydrogen) atoms. The van der Waals surface area contributed by atoms with E-state index in [4.69, 9.17) is 0 Å². The summed E-state index contributed by atoms with van der Waals surface area (Å²) < 4.78 is 0. The van der Waals surface area contributed by atoms with Gasteiger partial charge in [0.2, 0.25) is 17.7 Å². The van der Waals surface area contributed by atoms with Crippen molar-refractivity contribution in [2.24, 2.45) is 0 Å². The monoisotopic (exact) mass is 338 g/mol. The Morgan fingerprint density at radius 1 is 1.08 bits per heavy atom. The van der Waals surface area contributed by atoms with Crippen LogP contribution in [0.1, 0.15) is 19.8 Å². The number of amides is 3. The van der Waals surface area contributed by atoms with Gasteiger partial charge in [-0.15, -0.1) is 0 Å². The number of carbonyl (C=O) groups excluding carboxylic acids is 3. The molecule has 0 radical (unpaired) electrons. The molecule has 8 nitrogen and oxygen atoms in total. The van der Waals surface area contributed by atoms with Crippen LogP contribution in [0.2, 0.25) is 0 Å². The fraction of sp³-hybridized carbons (Fsp3) is 0.812. The zero-order valence-corrected chi connectivity index (χ0v) is 14.2. The van der Waals surface area contributed by atoms with Crippen molar-refractivity contribution in [3.63, 3.8) is 0 Å². The van der Waals surface area contributed by atoms with Gasteiger partial charge in [0, 0.05) is 59.2 Å². The van der Waals surface area contributed by atoms with E-state index in [1.165, 1.54) is 0 Å². The lowest BCUT2D eigenvalue weighted by Crippen LogP contribution is -2.54. The Bertz CT molecular complexity index is 518. The third-order valence-electron chi connectivity index (χ3n) is 5.34. The minimum absolute atomic E-state index is 0.0417. The Morgan fingerprint density at radius 3 is 2.38 bits per heavy atom. The van der Waals surface area contributed by atoms with Gasteiger partial charge in [0.15, 0.2) is 0 Å². The molecule has 1 N–H and O–H groups in total. The molecule has 0 aromatic rings. The topological polar surface area (TPSA) is 84.4 Å². The Labute approximate surface area is 142 Å². The van der Waals surface area contributed by atoms with Crippen molar-refractivity contribution >= 4 is 17.7 Å². The summed E-state index contributed by atoms with van der Waals surface area (Å²) >= 11 is 0. The molecule has 0 unspecified atom stereocenters. The lowest BCUT2D eigenvalue weighted by atomic mass is 10.1. The van der Waals surface area contributed by atoms with E-state index in [0.29, 0.717) is 52.2 Å². The number of rotatable bonds is 3. The molecule has 3 aliphatic heterocycles. The van der Waals surface area contributed by atoms with Crippen LogP contribution in [0.25, 0.3) is 0 Å². The second-order valence-electron chi connectivity index (χ2n) is 6.89. The standard InChI is InChI=1S/C16H26N4O4/c1-12(21)17-5-7-18(8-6-17)13-9-20(10-14(13)22)16(24)11-19-4-2-3-15(19)23/h13-14,22H,2-11H2,1H3/t13-,14-/m1/s1. The predicted octanol–water partition coefficient (Wildman–Crippen LogP) is -1.66. The highest BCUT2D eigenvalue weighted by Crippen LogP contribution is 2.19. The molecule has 3 amide bonds. The van der Waals surface area contributed by atoms with E-state index >= 15 is 0 Å². The van der Waals surface area contributed by atoms with Gasteiger partial charge >= 0.3 is 0 Å². The van der Waals surface area contributed by atoms with Crippen molar-refractivity contribution in [1.82, 2.24) is 19.6 Å². The van der Waals surface area contributed by atoms with E-state index in [1.807, 2.05) is 0 Å². The van der Waals surface area contributed by atoms with Crippen molar-refractivity contribution in [3.05, 3.63) is 0 Å². The highest BCUT2D eigenvalue weighted by molar-refractivity contribution is 5.86. The van der Waals surface area contributed by atoms with Crippen molar-refractivity contribution in [2.75, 3.05) is 52.4 Å². The van der Waals surface area contributed by atoms with Crippen LogP contribution in [0.4, 0.5) is 0 Å². The highest BCUT2D eigenvalue weighted by Gasteiger charge is 2.39. The number of nitrogens with zero attached hydrogens (tertiary/aromatic N) is 4. The van der Waals surface area contributed by atoms with Gasteiger partial charge in [-0.25, -0.2) is 0 Å². The smallest absolute Gasteiger partial charge is 0.242 e. The maximum absolute atomic E-state index is 12.4. The van der Waals surface area contributed by atoms with Crippen LogP contribution < -0.4 is 0 Å². The Balaban J connectivity index is 1.52. The van der Waals surface area contributed by atoms with Gasteiger partial charge in [-0.1, -0.05) is 0 Å². The van der Waals surface area contributed by atoms with E-state index in [2.05, 4.69) is 4.90 Å². The summed E-state index contributed by atoms with van der Waals surface area (Å²) in [7, 11) is 0. The summed E-state index contributed by atoms with van der Waals surface area (Å²) in [6.07, 6.45) is 0.767. The summed E-state index contributed by atoms with van der Waals surface area (Å²) in [5, 5.41) is 10.4. The molecule has 8 heteroatoms. The van der Waals surface area contributed by atoms with E-state index < -0.39 is 6.10 Å². The first-order chi connectivity index (χ1) is 11.5. The highest BCUT2D eigenvalue weighted by atomic mass is 16.3. The fourth-order valence-electron chi connectivity index (χ4n) is 3.83. The average molecular weight is 338 g/mol. The molecule has 0 spiro atoms. The number of likely N-dealkylation sites (tertiary alicyclic amines) is 2. The van der Waals surface area contributed by atoms with Crippen molar-refractivity contribution in [1.29, 1.82) is 0 Å². The minimum atomic E-state index is -0.577. The summed E-state index contributed by atoms with van der Waals surface area (Å²) in [5.74, 6) is 0.0304. The van der Waals surface area contributed by atoms with E-state index in [1.54, 1.807) is 21.6 Å². The normalized spacial score (nSPS) is 28.8. The van der Waals surface area contributed by atoms with Gasteiger partial charge in [0.1, 0.15) is 0 Å². The summed E-state index contributed by atoms with van der Waals surface area (Å²) in [5.41, 5.74) is 0. The van der Waals surface area contributed by atoms with Gasteiger partial charge in [-0.3, -0.25) is 19.3 Å². The summed E-state index contributed by atoms with van der Waals surface area (Å²) in [6.45, 7) is 5.90. The molecular weight excluding hydrogens is 312 g/mol. The largest absolute Gasteiger partial charge is 0.390 e. The summed E-state index contributed by atoms with van der Waals surface area (Å²) in [6, 6.07) is -0.0858. The number of hydrogen-bond acceptors (Lipinski definition) is 5. The molecule has 0 bridgehead atoms. The fourth-order valence-corrected chi connectivity index (χ4v) is 3.83. The maximum atomic E-state index is 12.4. The molecule has 3 saturated heterocycles.